The summed E-state index contributed by atoms with van der Waals surface area (Å²) in [4.78, 5) is 2.73. The molecule has 2 heteroatoms. The SMILES string of the molecule is CCC1CCC(C)N1C1CCCC1N. The summed E-state index contributed by atoms with van der Waals surface area (Å²) in [5.74, 6) is 0. The molecule has 0 aromatic rings. The highest BCUT2D eigenvalue weighted by atomic mass is 15.2. The van der Waals surface area contributed by atoms with Crippen molar-refractivity contribution in [3.63, 3.8) is 0 Å². The van der Waals surface area contributed by atoms with Crippen LogP contribution < -0.4 is 5.73 Å². The van der Waals surface area contributed by atoms with E-state index in [9.17, 15) is 0 Å². The monoisotopic (exact) mass is 196 g/mol. The van der Waals surface area contributed by atoms with Gasteiger partial charge in [-0.05, 0) is 39.0 Å². The van der Waals surface area contributed by atoms with E-state index in [1.807, 2.05) is 0 Å². The van der Waals surface area contributed by atoms with Crippen molar-refractivity contribution < 1.29 is 0 Å². The largest absolute Gasteiger partial charge is 0.326 e. The lowest BCUT2D eigenvalue weighted by atomic mass is 10.1. The van der Waals surface area contributed by atoms with Crippen LogP contribution in [0, 0.1) is 0 Å². The second kappa shape index (κ2) is 4.19. The summed E-state index contributed by atoms with van der Waals surface area (Å²) in [5.41, 5.74) is 6.20. The van der Waals surface area contributed by atoms with Gasteiger partial charge in [-0.2, -0.15) is 0 Å². The first kappa shape index (κ1) is 10.4. The quantitative estimate of drug-likeness (QED) is 0.733. The van der Waals surface area contributed by atoms with Gasteiger partial charge in [0.1, 0.15) is 0 Å². The van der Waals surface area contributed by atoms with Gasteiger partial charge in [-0.25, -0.2) is 0 Å². The normalized spacial score (nSPS) is 44.8. The number of nitrogens with two attached hydrogens (primary N) is 1. The molecule has 2 N–H and O–H groups in total. The molecule has 14 heavy (non-hydrogen) atoms. The van der Waals surface area contributed by atoms with Gasteiger partial charge in [0.2, 0.25) is 0 Å². The van der Waals surface area contributed by atoms with Gasteiger partial charge in [0.25, 0.3) is 0 Å². The molecule has 1 heterocycles. The molecule has 2 fully saturated rings. The molecule has 0 aromatic heterocycles. The van der Waals surface area contributed by atoms with Crippen molar-refractivity contribution in [2.75, 3.05) is 0 Å². The summed E-state index contributed by atoms with van der Waals surface area (Å²) >= 11 is 0. The van der Waals surface area contributed by atoms with E-state index in [0.717, 1.165) is 12.1 Å². The zero-order chi connectivity index (χ0) is 10.1. The number of likely N-dealkylation sites (tertiary alicyclic amines) is 1. The Bertz CT molecular complexity index is 193. The van der Waals surface area contributed by atoms with Crippen molar-refractivity contribution in [1.29, 1.82) is 0 Å². The fourth-order valence-electron chi connectivity index (χ4n) is 3.44. The minimum absolute atomic E-state index is 0.449. The van der Waals surface area contributed by atoms with Crippen LogP contribution in [0.15, 0.2) is 0 Å². The Morgan fingerprint density at radius 1 is 1.21 bits per heavy atom. The van der Waals surface area contributed by atoms with E-state index >= 15 is 0 Å². The Morgan fingerprint density at radius 2 is 2.00 bits per heavy atom. The molecule has 4 unspecified atom stereocenters. The van der Waals surface area contributed by atoms with Gasteiger partial charge in [-0.1, -0.05) is 13.3 Å². The van der Waals surface area contributed by atoms with Gasteiger partial charge in [-0.15, -0.1) is 0 Å². The third kappa shape index (κ3) is 1.70. The first-order valence-corrected chi connectivity index (χ1v) is 6.27. The minimum atomic E-state index is 0.449. The van der Waals surface area contributed by atoms with Gasteiger partial charge in [0.05, 0.1) is 0 Å². The van der Waals surface area contributed by atoms with Crippen LogP contribution in [0.4, 0.5) is 0 Å². The van der Waals surface area contributed by atoms with E-state index in [4.69, 9.17) is 5.73 Å². The van der Waals surface area contributed by atoms with Crippen molar-refractivity contribution in [2.24, 2.45) is 5.73 Å². The summed E-state index contributed by atoms with van der Waals surface area (Å²) in [6.07, 6.45) is 7.98. The van der Waals surface area contributed by atoms with Crippen LogP contribution in [0.1, 0.15) is 52.4 Å². The molecule has 0 radical (unpaired) electrons. The molecular formula is C12H24N2. The lowest BCUT2D eigenvalue weighted by molar-refractivity contribution is 0.125. The zero-order valence-corrected chi connectivity index (χ0v) is 9.58. The van der Waals surface area contributed by atoms with E-state index in [1.54, 1.807) is 0 Å². The molecule has 4 atom stereocenters. The molecule has 1 aliphatic carbocycles. The lowest BCUT2D eigenvalue weighted by Crippen LogP contribution is -2.49. The number of nitrogens with zero attached hydrogens (tertiary/aromatic N) is 1. The molecule has 2 rings (SSSR count). The first-order chi connectivity index (χ1) is 6.74. The lowest BCUT2D eigenvalue weighted by Gasteiger charge is -2.36. The first-order valence-electron chi connectivity index (χ1n) is 6.27. The predicted molar refractivity (Wildman–Crippen MR) is 60.2 cm³/mol. The predicted octanol–water partition coefficient (Wildman–Crippen LogP) is 2.13. The van der Waals surface area contributed by atoms with Crippen LogP contribution in [0.25, 0.3) is 0 Å². The Kier molecular flexibility index (Phi) is 3.13. The van der Waals surface area contributed by atoms with Gasteiger partial charge in [0, 0.05) is 24.2 Å². The highest BCUT2D eigenvalue weighted by Crippen LogP contribution is 2.34. The molecule has 0 amide bonds. The van der Waals surface area contributed by atoms with Crippen molar-refractivity contribution in [3.8, 4) is 0 Å². The number of rotatable bonds is 2. The van der Waals surface area contributed by atoms with Gasteiger partial charge < -0.3 is 5.73 Å². The highest BCUT2D eigenvalue weighted by Gasteiger charge is 2.39. The van der Waals surface area contributed by atoms with Crippen molar-refractivity contribution in [1.82, 2.24) is 4.90 Å². The Hall–Kier alpha value is -0.0800. The summed E-state index contributed by atoms with van der Waals surface area (Å²) in [5, 5.41) is 0. The average molecular weight is 196 g/mol. The maximum Gasteiger partial charge on any atom is 0.0252 e. The Morgan fingerprint density at radius 3 is 2.57 bits per heavy atom. The molecule has 1 saturated heterocycles. The summed E-state index contributed by atoms with van der Waals surface area (Å²) in [6.45, 7) is 4.69. The molecule has 1 aliphatic heterocycles. The minimum Gasteiger partial charge on any atom is -0.326 e. The zero-order valence-electron chi connectivity index (χ0n) is 9.58. The molecule has 2 aliphatic rings. The van der Waals surface area contributed by atoms with Crippen LogP contribution in [0.3, 0.4) is 0 Å². The van der Waals surface area contributed by atoms with Crippen LogP contribution in [0.2, 0.25) is 0 Å². The van der Waals surface area contributed by atoms with Gasteiger partial charge >= 0.3 is 0 Å². The van der Waals surface area contributed by atoms with E-state index in [-0.39, 0.29) is 0 Å². The standard InChI is InChI=1S/C12H24N2/c1-3-10-8-7-9(2)14(10)12-6-4-5-11(12)13/h9-12H,3-8,13H2,1-2H3. The van der Waals surface area contributed by atoms with E-state index < -0.39 is 0 Å². The smallest absolute Gasteiger partial charge is 0.0252 e. The average Bonchev–Trinajstić information content (AvgIpc) is 2.72. The summed E-state index contributed by atoms with van der Waals surface area (Å²) in [6, 6.07) is 2.73. The molecule has 0 bridgehead atoms. The fraction of sp³-hybridized carbons (Fsp3) is 1.00. The van der Waals surface area contributed by atoms with Crippen molar-refractivity contribution in [3.05, 3.63) is 0 Å². The Labute approximate surface area is 87.8 Å². The molecule has 1 saturated carbocycles. The van der Waals surface area contributed by atoms with Crippen molar-refractivity contribution >= 4 is 0 Å². The van der Waals surface area contributed by atoms with E-state index in [1.165, 1.54) is 38.5 Å². The van der Waals surface area contributed by atoms with E-state index in [2.05, 4.69) is 18.7 Å². The van der Waals surface area contributed by atoms with Crippen LogP contribution in [-0.4, -0.2) is 29.1 Å². The third-order valence-corrected chi connectivity index (χ3v) is 4.23. The van der Waals surface area contributed by atoms with Crippen LogP contribution in [0.5, 0.6) is 0 Å². The van der Waals surface area contributed by atoms with Crippen LogP contribution in [-0.2, 0) is 0 Å². The maximum atomic E-state index is 6.20. The number of hydrogen-bond donors (Lipinski definition) is 1. The second-order valence-corrected chi connectivity index (χ2v) is 5.10. The topological polar surface area (TPSA) is 29.3 Å². The fourth-order valence-corrected chi connectivity index (χ4v) is 3.44. The molecule has 2 nitrogen and oxygen atoms in total. The molecule has 0 spiro atoms. The maximum absolute atomic E-state index is 6.20. The van der Waals surface area contributed by atoms with Crippen LogP contribution >= 0.6 is 0 Å². The Balaban J connectivity index is 2.06. The van der Waals surface area contributed by atoms with Gasteiger partial charge in [-0.3, -0.25) is 4.90 Å². The van der Waals surface area contributed by atoms with Gasteiger partial charge in [0.15, 0.2) is 0 Å². The molecular weight excluding hydrogens is 172 g/mol. The third-order valence-electron chi connectivity index (χ3n) is 4.23. The number of hydrogen-bond acceptors (Lipinski definition) is 2. The van der Waals surface area contributed by atoms with E-state index in [0.29, 0.717) is 12.1 Å². The van der Waals surface area contributed by atoms with Crippen molar-refractivity contribution in [2.45, 2.75) is 76.5 Å². The highest BCUT2D eigenvalue weighted by molar-refractivity contribution is 4.96. The summed E-state index contributed by atoms with van der Waals surface area (Å²) < 4.78 is 0. The second-order valence-electron chi connectivity index (χ2n) is 5.10. The summed E-state index contributed by atoms with van der Waals surface area (Å²) in [7, 11) is 0. The molecule has 82 valence electrons. The molecule has 0 aromatic carbocycles.